The van der Waals surface area contributed by atoms with Crippen molar-refractivity contribution in [1.29, 1.82) is 0 Å². The zero-order valence-corrected chi connectivity index (χ0v) is 29.9. The Hall–Kier alpha value is -2.18. The van der Waals surface area contributed by atoms with Gasteiger partial charge in [0.25, 0.3) is 5.91 Å². The van der Waals surface area contributed by atoms with E-state index < -0.39 is 23.8 Å². The summed E-state index contributed by atoms with van der Waals surface area (Å²) in [6, 6.07) is -0.485. The van der Waals surface area contributed by atoms with Crippen molar-refractivity contribution in [1.82, 2.24) is 5.32 Å². The van der Waals surface area contributed by atoms with E-state index in [0.29, 0.717) is 12.2 Å². The normalized spacial score (nSPS) is 16.5. The highest BCUT2D eigenvalue weighted by Gasteiger charge is 2.30. The maximum atomic E-state index is 11.0. The smallest absolute Gasteiger partial charge is 0.407 e. The molecule has 0 bridgehead atoms. The number of primary amides is 1. The molecule has 4 unspecified atom stereocenters. The molecule has 0 aromatic heterocycles. The molecule has 0 spiro atoms. The number of aldehydes is 1. The average molecular weight is 599 g/mol. The number of Topliss-reactive ketones (excluding diaryl/α,β-unsaturated/α-hetero) is 1. The van der Waals surface area contributed by atoms with Crippen molar-refractivity contribution >= 4 is 24.1 Å². The lowest BCUT2D eigenvalue weighted by molar-refractivity contribution is -0.138. The minimum absolute atomic E-state index is 0.108. The van der Waals surface area contributed by atoms with Crippen LogP contribution in [0.25, 0.3) is 0 Å². The third-order valence-corrected chi connectivity index (χ3v) is 7.12. The molecule has 0 saturated heterocycles. The van der Waals surface area contributed by atoms with Crippen molar-refractivity contribution in [3.8, 4) is 0 Å². The average Bonchev–Trinajstić information content (AvgIpc) is 3.65. The van der Waals surface area contributed by atoms with Crippen LogP contribution in [-0.2, 0) is 19.1 Å². The molecule has 250 valence electrons. The summed E-state index contributed by atoms with van der Waals surface area (Å²) in [5, 5.41) is 2.37. The summed E-state index contributed by atoms with van der Waals surface area (Å²) in [6.07, 6.45) is 12.1. The second kappa shape index (κ2) is 28.9. The van der Waals surface area contributed by atoms with Crippen molar-refractivity contribution in [3.63, 3.8) is 0 Å². The number of rotatable bonds is 12. The summed E-state index contributed by atoms with van der Waals surface area (Å²) < 4.78 is 4.86. The number of carbonyl (C=O) groups is 4. The van der Waals surface area contributed by atoms with E-state index in [-0.39, 0.29) is 12.0 Å². The highest BCUT2D eigenvalue weighted by atomic mass is 16.6. The van der Waals surface area contributed by atoms with Gasteiger partial charge < -0.3 is 20.6 Å². The van der Waals surface area contributed by atoms with Gasteiger partial charge >= 0.3 is 6.09 Å². The lowest BCUT2D eigenvalue weighted by Gasteiger charge is -2.27. The molecule has 0 aromatic carbocycles. The predicted molar refractivity (Wildman–Crippen MR) is 179 cm³/mol. The molecule has 4 atom stereocenters. The van der Waals surface area contributed by atoms with E-state index in [1.807, 2.05) is 34.6 Å². The maximum Gasteiger partial charge on any atom is 0.407 e. The number of nitrogens with one attached hydrogen (secondary N) is 1. The molecule has 2 amide bonds. The van der Waals surface area contributed by atoms with Crippen molar-refractivity contribution in [2.45, 2.75) is 166 Å². The summed E-state index contributed by atoms with van der Waals surface area (Å²) in [4.78, 5) is 42.6. The van der Waals surface area contributed by atoms with Gasteiger partial charge in [0.1, 0.15) is 12.4 Å². The third-order valence-electron chi connectivity index (χ3n) is 7.12. The zero-order chi connectivity index (χ0) is 33.9. The van der Waals surface area contributed by atoms with Crippen molar-refractivity contribution < 1.29 is 23.9 Å². The molecule has 2 rings (SSSR count). The van der Waals surface area contributed by atoms with Crippen LogP contribution in [0.3, 0.4) is 0 Å². The Morgan fingerprint density at radius 1 is 1.00 bits per heavy atom. The van der Waals surface area contributed by atoms with E-state index in [0.717, 1.165) is 24.2 Å². The fourth-order valence-electron chi connectivity index (χ4n) is 3.11. The van der Waals surface area contributed by atoms with E-state index in [4.69, 9.17) is 10.5 Å². The van der Waals surface area contributed by atoms with E-state index >= 15 is 0 Å². The first-order valence-corrected chi connectivity index (χ1v) is 16.5. The Morgan fingerprint density at radius 2 is 1.48 bits per heavy atom. The molecule has 0 radical (unpaired) electrons. The summed E-state index contributed by atoms with van der Waals surface area (Å²) >= 11 is 0. The fraction of sp³-hybridized carbons (Fsp3) is 0.829. The van der Waals surface area contributed by atoms with Gasteiger partial charge in [0.15, 0.2) is 0 Å². The molecule has 7 nitrogen and oxygen atoms in total. The Bertz CT molecular complexity index is 710. The Balaban J connectivity index is -0.000000227. The molecule has 0 aliphatic heterocycles. The first kappa shape index (κ1) is 46.8. The number of ketones is 1. The highest BCUT2D eigenvalue weighted by molar-refractivity contribution is 6.36. The van der Waals surface area contributed by atoms with Gasteiger partial charge in [-0.3, -0.25) is 9.59 Å². The van der Waals surface area contributed by atoms with E-state index in [1.54, 1.807) is 20.8 Å². The molecule has 42 heavy (non-hydrogen) atoms. The first-order chi connectivity index (χ1) is 19.6. The summed E-state index contributed by atoms with van der Waals surface area (Å²) in [5.41, 5.74) is 6.96. The monoisotopic (exact) mass is 599 g/mol. The quantitative estimate of drug-likeness (QED) is 0.132. The summed E-state index contributed by atoms with van der Waals surface area (Å²) in [6.45, 7) is 30.2. The highest BCUT2D eigenvalue weighted by Crippen LogP contribution is 2.43. The zero-order valence-electron chi connectivity index (χ0n) is 29.9. The van der Waals surface area contributed by atoms with Gasteiger partial charge in [-0.15, -0.1) is 0 Å². The second-order valence-corrected chi connectivity index (χ2v) is 11.9. The number of nitrogens with two attached hydrogens (primary N) is 1. The SMILES string of the molecule is C=C(C)C(C)CCCC.CC.CC.CC(CC1CCC1)C(=O)C(N)=O.CC1(C)CC1.CCC(C)OC(=O)NC(C)C=O. The molecule has 2 aliphatic carbocycles. The van der Waals surface area contributed by atoms with Crippen molar-refractivity contribution in [2.24, 2.45) is 28.9 Å². The third kappa shape index (κ3) is 30.8. The van der Waals surface area contributed by atoms with Crippen LogP contribution in [0, 0.1) is 23.2 Å². The van der Waals surface area contributed by atoms with Crippen LogP contribution in [0.15, 0.2) is 12.2 Å². The van der Waals surface area contributed by atoms with E-state index in [9.17, 15) is 19.2 Å². The van der Waals surface area contributed by atoms with E-state index in [1.165, 1.54) is 56.9 Å². The minimum Gasteiger partial charge on any atom is -0.447 e. The largest absolute Gasteiger partial charge is 0.447 e. The van der Waals surface area contributed by atoms with Crippen LogP contribution in [0.2, 0.25) is 0 Å². The van der Waals surface area contributed by atoms with Crippen LogP contribution in [-0.4, -0.2) is 36.2 Å². The predicted octanol–water partition coefficient (Wildman–Crippen LogP) is 9.21. The number of amides is 2. The number of carbonyl (C=O) groups excluding carboxylic acids is 4. The van der Waals surface area contributed by atoms with Gasteiger partial charge in [0.2, 0.25) is 5.78 Å². The van der Waals surface area contributed by atoms with Crippen LogP contribution in [0.5, 0.6) is 0 Å². The van der Waals surface area contributed by atoms with Gasteiger partial charge in [-0.25, -0.2) is 4.79 Å². The van der Waals surface area contributed by atoms with Crippen molar-refractivity contribution in [3.05, 3.63) is 12.2 Å². The molecule has 2 saturated carbocycles. The first-order valence-electron chi connectivity index (χ1n) is 16.5. The lowest BCUT2D eigenvalue weighted by Crippen LogP contribution is -2.35. The molecule has 7 heteroatoms. The lowest BCUT2D eigenvalue weighted by atomic mass is 9.78. The molecular weight excluding hydrogens is 528 g/mol. The number of unbranched alkanes of at least 4 members (excludes halogenated alkanes) is 1. The Kier molecular flexibility index (Phi) is 32.2. The molecule has 0 heterocycles. The second-order valence-electron chi connectivity index (χ2n) is 11.9. The standard InChI is InChI=1S/C9H15NO2.C9H18.C8H15NO3.C5H10.2C2H6/c1-6(8(11)9(10)12)5-7-3-2-4-7;1-5-6-7-9(4)8(2)3;1-4-7(3)12-8(11)9-6(2)5-10;1-5(2)3-4-5;2*1-2/h6-7H,2-5H2,1H3,(H2,10,12);9H,2,5-7H2,1,3-4H3;5-7H,4H2,1-3H3,(H,9,11);3-4H2,1-2H3;2*1-2H3. The molecule has 3 N–H and O–H groups in total. The fourth-order valence-corrected chi connectivity index (χ4v) is 3.11. The van der Waals surface area contributed by atoms with Gasteiger partial charge in [-0.2, -0.15) is 0 Å². The van der Waals surface area contributed by atoms with Gasteiger partial charge in [0.05, 0.1) is 6.04 Å². The minimum atomic E-state index is -0.790. The number of alkyl carbamates (subject to hydrolysis) is 1. The molecule has 0 aromatic rings. The van der Waals surface area contributed by atoms with Crippen molar-refractivity contribution in [2.75, 3.05) is 0 Å². The van der Waals surface area contributed by atoms with Gasteiger partial charge in [-0.1, -0.05) is 113 Å². The van der Waals surface area contributed by atoms with Gasteiger partial charge in [0, 0.05) is 5.92 Å². The van der Waals surface area contributed by atoms with E-state index in [2.05, 4.69) is 46.5 Å². The van der Waals surface area contributed by atoms with Crippen LogP contribution >= 0.6 is 0 Å². The summed E-state index contributed by atoms with van der Waals surface area (Å²) in [5.74, 6) is 0.00442. The van der Waals surface area contributed by atoms with Crippen LogP contribution in [0.4, 0.5) is 4.79 Å². The van der Waals surface area contributed by atoms with Crippen LogP contribution < -0.4 is 11.1 Å². The number of ether oxygens (including phenoxy) is 1. The number of hydrogen-bond donors (Lipinski definition) is 2. The van der Waals surface area contributed by atoms with Gasteiger partial charge in [-0.05, 0) is 70.1 Å². The molecule has 2 aliphatic rings. The van der Waals surface area contributed by atoms with Crippen LogP contribution in [0.1, 0.15) is 154 Å². The topological polar surface area (TPSA) is 116 Å². The number of allylic oxidation sites excluding steroid dienone is 1. The molecular formula is C35H70N2O5. The Morgan fingerprint density at radius 3 is 1.76 bits per heavy atom. The maximum absolute atomic E-state index is 11.0. The number of hydrogen-bond acceptors (Lipinski definition) is 5. The molecule has 2 fully saturated rings. The summed E-state index contributed by atoms with van der Waals surface area (Å²) in [7, 11) is 0. The Labute approximate surface area is 260 Å².